The molecule has 0 saturated heterocycles. The molecule has 0 radical (unpaired) electrons. The highest BCUT2D eigenvalue weighted by Crippen LogP contribution is 2.24. The van der Waals surface area contributed by atoms with Crippen LogP contribution >= 0.6 is 0 Å². The zero-order valence-electron chi connectivity index (χ0n) is 18.5. The lowest BCUT2D eigenvalue weighted by Crippen LogP contribution is -2.26. The van der Waals surface area contributed by atoms with Crippen molar-refractivity contribution in [2.24, 2.45) is 0 Å². The van der Waals surface area contributed by atoms with Gasteiger partial charge < -0.3 is 10.1 Å². The Morgan fingerprint density at radius 1 is 0.912 bits per heavy atom. The normalized spacial score (nSPS) is 11.0. The highest BCUT2D eigenvalue weighted by Gasteiger charge is 2.21. The lowest BCUT2D eigenvalue weighted by Gasteiger charge is -2.20. The van der Waals surface area contributed by atoms with E-state index in [1.165, 1.54) is 29.7 Å². The Hall–Kier alpha value is -4.17. The predicted octanol–water partition coefficient (Wildman–Crippen LogP) is 4.74. The third kappa shape index (κ3) is 5.41. The number of benzene rings is 3. The first kappa shape index (κ1) is 23.0. The first-order chi connectivity index (χ1) is 16.4. The summed E-state index contributed by atoms with van der Waals surface area (Å²) < 4.78 is 33.0. The maximum atomic E-state index is 13.1. The van der Waals surface area contributed by atoms with Crippen molar-refractivity contribution in [2.45, 2.75) is 11.5 Å². The SMILES string of the molecule is CN(c1ccccc1)S(=O)(=O)c1cccc(NC(=O)c2ccnc(OCc3ccccc3)c2)c1. The van der Waals surface area contributed by atoms with E-state index in [4.69, 9.17) is 4.74 Å². The number of ether oxygens (including phenoxy) is 1. The predicted molar refractivity (Wildman–Crippen MR) is 131 cm³/mol. The molecule has 4 aromatic rings. The first-order valence-corrected chi connectivity index (χ1v) is 12.0. The molecule has 0 spiro atoms. The molecule has 172 valence electrons. The van der Waals surface area contributed by atoms with E-state index >= 15 is 0 Å². The van der Waals surface area contributed by atoms with Crippen LogP contribution in [0.5, 0.6) is 5.88 Å². The number of sulfonamides is 1. The summed E-state index contributed by atoms with van der Waals surface area (Å²) in [5, 5.41) is 2.75. The van der Waals surface area contributed by atoms with Crippen LogP contribution in [0, 0.1) is 0 Å². The number of nitrogens with one attached hydrogen (secondary N) is 1. The monoisotopic (exact) mass is 473 g/mol. The van der Waals surface area contributed by atoms with Crippen molar-refractivity contribution in [2.75, 3.05) is 16.7 Å². The Kier molecular flexibility index (Phi) is 6.89. The van der Waals surface area contributed by atoms with Crippen LogP contribution in [-0.2, 0) is 16.6 Å². The molecule has 1 heterocycles. The van der Waals surface area contributed by atoms with Gasteiger partial charge in [0.1, 0.15) is 6.61 Å². The molecule has 0 unspecified atom stereocenters. The number of carbonyl (C=O) groups is 1. The number of para-hydroxylation sites is 1. The highest BCUT2D eigenvalue weighted by molar-refractivity contribution is 7.92. The molecule has 0 saturated carbocycles. The fourth-order valence-corrected chi connectivity index (χ4v) is 4.48. The summed E-state index contributed by atoms with van der Waals surface area (Å²) in [6.07, 6.45) is 1.49. The van der Waals surface area contributed by atoms with Gasteiger partial charge in [0, 0.05) is 30.6 Å². The Bertz CT molecular complexity index is 1380. The van der Waals surface area contributed by atoms with Crippen molar-refractivity contribution in [3.63, 3.8) is 0 Å². The highest BCUT2D eigenvalue weighted by atomic mass is 32.2. The van der Waals surface area contributed by atoms with Crippen molar-refractivity contribution in [3.8, 4) is 5.88 Å². The number of aromatic nitrogens is 1. The van der Waals surface area contributed by atoms with Gasteiger partial charge in [-0.25, -0.2) is 13.4 Å². The molecule has 4 rings (SSSR count). The second-order valence-electron chi connectivity index (χ2n) is 7.45. The van der Waals surface area contributed by atoms with E-state index in [-0.39, 0.29) is 4.90 Å². The number of anilines is 2. The molecule has 1 N–H and O–H groups in total. The third-order valence-electron chi connectivity index (χ3n) is 5.10. The molecule has 0 fully saturated rings. The van der Waals surface area contributed by atoms with E-state index in [9.17, 15) is 13.2 Å². The van der Waals surface area contributed by atoms with Gasteiger partial charge in [-0.2, -0.15) is 0 Å². The minimum absolute atomic E-state index is 0.0678. The van der Waals surface area contributed by atoms with Gasteiger partial charge in [-0.3, -0.25) is 9.10 Å². The second-order valence-corrected chi connectivity index (χ2v) is 9.42. The van der Waals surface area contributed by atoms with E-state index < -0.39 is 15.9 Å². The van der Waals surface area contributed by atoms with Crippen molar-refractivity contribution in [1.29, 1.82) is 0 Å². The van der Waals surface area contributed by atoms with Crippen LogP contribution in [0.25, 0.3) is 0 Å². The van der Waals surface area contributed by atoms with Gasteiger partial charge in [0.05, 0.1) is 10.6 Å². The van der Waals surface area contributed by atoms with E-state index in [1.54, 1.807) is 48.5 Å². The Labute approximate surface area is 198 Å². The molecule has 1 amide bonds. The largest absolute Gasteiger partial charge is 0.473 e. The summed E-state index contributed by atoms with van der Waals surface area (Å²) in [5.74, 6) is -0.0877. The minimum atomic E-state index is -3.80. The van der Waals surface area contributed by atoms with Crippen LogP contribution in [0.2, 0.25) is 0 Å². The van der Waals surface area contributed by atoms with Crippen LogP contribution in [0.3, 0.4) is 0 Å². The smallest absolute Gasteiger partial charge is 0.264 e. The molecule has 7 nitrogen and oxygen atoms in total. The average Bonchev–Trinajstić information content (AvgIpc) is 2.88. The fourth-order valence-electron chi connectivity index (χ4n) is 3.23. The van der Waals surface area contributed by atoms with E-state index in [2.05, 4.69) is 10.3 Å². The second kappa shape index (κ2) is 10.2. The molecule has 34 heavy (non-hydrogen) atoms. The van der Waals surface area contributed by atoms with Crippen LogP contribution in [0.4, 0.5) is 11.4 Å². The summed E-state index contributed by atoms with van der Waals surface area (Å²) in [4.78, 5) is 17.0. The molecule has 0 aliphatic carbocycles. The van der Waals surface area contributed by atoms with Crippen molar-refractivity contribution in [1.82, 2.24) is 4.98 Å². The van der Waals surface area contributed by atoms with Crippen LogP contribution < -0.4 is 14.4 Å². The van der Waals surface area contributed by atoms with Crippen molar-refractivity contribution in [3.05, 3.63) is 114 Å². The summed E-state index contributed by atoms with van der Waals surface area (Å²) in [6.45, 7) is 0.327. The number of amides is 1. The molecular formula is C26H23N3O4S. The molecule has 8 heteroatoms. The quantitative estimate of drug-likeness (QED) is 0.399. The van der Waals surface area contributed by atoms with E-state index in [1.807, 2.05) is 36.4 Å². The van der Waals surface area contributed by atoms with E-state index in [0.29, 0.717) is 29.4 Å². The van der Waals surface area contributed by atoms with Crippen molar-refractivity contribution < 1.29 is 17.9 Å². The molecule has 0 atom stereocenters. The maximum Gasteiger partial charge on any atom is 0.264 e. The Morgan fingerprint density at radius 3 is 2.35 bits per heavy atom. The Morgan fingerprint density at radius 2 is 1.62 bits per heavy atom. The van der Waals surface area contributed by atoms with Crippen LogP contribution in [0.15, 0.2) is 108 Å². The minimum Gasteiger partial charge on any atom is -0.473 e. The fraction of sp³-hybridized carbons (Fsp3) is 0.0769. The molecule has 0 aliphatic heterocycles. The molecule has 3 aromatic carbocycles. The number of hydrogen-bond donors (Lipinski definition) is 1. The zero-order valence-corrected chi connectivity index (χ0v) is 19.3. The number of nitrogens with zero attached hydrogens (tertiary/aromatic N) is 2. The molecule has 0 aliphatic rings. The summed E-state index contributed by atoms with van der Waals surface area (Å²) in [5.41, 5.74) is 2.22. The Balaban J connectivity index is 1.47. The summed E-state index contributed by atoms with van der Waals surface area (Å²) in [7, 11) is -2.31. The van der Waals surface area contributed by atoms with Crippen LogP contribution in [-0.4, -0.2) is 26.4 Å². The van der Waals surface area contributed by atoms with E-state index in [0.717, 1.165) is 5.56 Å². The van der Waals surface area contributed by atoms with Gasteiger partial charge in [0.2, 0.25) is 5.88 Å². The topological polar surface area (TPSA) is 88.6 Å². The van der Waals surface area contributed by atoms with Gasteiger partial charge in [0.15, 0.2) is 0 Å². The van der Waals surface area contributed by atoms with Gasteiger partial charge in [-0.15, -0.1) is 0 Å². The number of carbonyl (C=O) groups excluding carboxylic acids is 1. The number of hydrogen-bond acceptors (Lipinski definition) is 5. The molecule has 1 aromatic heterocycles. The zero-order chi connectivity index (χ0) is 24.0. The third-order valence-corrected chi connectivity index (χ3v) is 6.88. The standard InChI is InChI=1S/C26H23N3O4S/c1-29(23-12-6-3-7-13-23)34(31,32)24-14-8-11-22(18-24)28-26(30)21-15-16-27-25(17-21)33-19-20-9-4-2-5-10-20/h2-18H,19H2,1H3,(H,28,30). The van der Waals surface area contributed by atoms with Crippen LogP contribution in [0.1, 0.15) is 15.9 Å². The van der Waals surface area contributed by atoms with Gasteiger partial charge in [0.25, 0.3) is 15.9 Å². The first-order valence-electron chi connectivity index (χ1n) is 10.5. The van der Waals surface area contributed by atoms with Gasteiger partial charge in [-0.1, -0.05) is 54.6 Å². The van der Waals surface area contributed by atoms with Gasteiger partial charge in [-0.05, 0) is 42.0 Å². The summed E-state index contributed by atoms with van der Waals surface area (Å²) >= 11 is 0. The lowest BCUT2D eigenvalue weighted by atomic mass is 10.2. The number of rotatable bonds is 8. The number of pyridine rings is 1. The summed E-state index contributed by atoms with van der Waals surface area (Å²) in [6, 6.07) is 27.7. The van der Waals surface area contributed by atoms with Crippen molar-refractivity contribution >= 4 is 27.3 Å². The average molecular weight is 474 g/mol. The molecular weight excluding hydrogens is 450 g/mol. The molecule has 0 bridgehead atoms. The maximum absolute atomic E-state index is 13.1. The van der Waals surface area contributed by atoms with Gasteiger partial charge >= 0.3 is 0 Å². The lowest BCUT2D eigenvalue weighted by molar-refractivity contribution is 0.102.